The summed E-state index contributed by atoms with van der Waals surface area (Å²) in [5.41, 5.74) is 6.48. The molecule has 0 amide bonds. The molecule has 0 bridgehead atoms. The number of methoxy groups -OCH3 is 1. The van der Waals surface area contributed by atoms with E-state index < -0.39 is 0 Å². The minimum Gasteiger partial charge on any atom is -0.480 e. The number of rotatable bonds is 2. The van der Waals surface area contributed by atoms with Crippen molar-refractivity contribution >= 4 is 11.5 Å². The molecule has 0 aliphatic carbocycles. The topological polar surface area (TPSA) is 48.1 Å². The zero-order valence-electron chi connectivity index (χ0n) is 6.05. The first-order chi connectivity index (χ1) is 4.79. The van der Waals surface area contributed by atoms with Crippen molar-refractivity contribution < 1.29 is 4.74 Å². The van der Waals surface area contributed by atoms with Crippen LogP contribution in [-0.2, 0) is 6.54 Å². The summed E-state index contributed by atoms with van der Waals surface area (Å²) >= 11 is 1.43. The van der Waals surface area contributed by atoms with Gasteiger partial charge in [0.1, 0.15) is 0 Å². The Bertz CT molecular complexity index is 222. The minimum atomic E-state index is 0.505. The average molecular weight is 158 g/mol. The summed E-state index contributed by atoms with van der Waals surface area (Å²) in [5.74, 6) is 0.671. The zero-order valence-corrected chi connectivity index (χ0v) is 6.86. The van der Waals surface area contributed by atoms with Crippen LogP contribution in [0.4, 0.5) is 0 Å². The highest BCUT2D eigenvalue weighted by Gasteiger charge is 2.07. The van der Waals surface area contributed by atoms with Crippen LogP contribution in [0.3, 0.4) is 0 Å². The van der Waals surface area contributed by atoms with Crippen molar-refractivity contribution in [1.29, 1.82) is 0 Å². The van der Waals surface area contributed by atoms with Crippen LogP contribution in [0.5, 0.6) is 5.88 Å². The summed E-state index contributed by atoms with van der Waals surface area (Å²) in [6.45, 7) is 2.49. The quantitative estimate of drug-likeness (QED) is 0.696. The number of hydrogen-bond acceptors (Lipinski definition) is 4. The Morgan fingerprint density at radius 1 is 1.70 bits per heavy atom. The van der Waals surface area contributed by atoms with Crippen molar-refractivity contribution in [1.82, 2.24) is 4.37 Å². The van der Waals surface area contributed by atoms with Gasteiger partial charge in [-0.15, -0.1) is 0 Å². The third kappa shape index (κ3) is 1.12. The lowest BCUT2D eigenvalue weighted by molar-refractivity contribution is 0.397. The molecular formula is C6H10N2OS. The van der Waals surface area contributed by atoms with Gasteiger partial charge in [0, 0.05) is 17.0 Å². The summed E-state index contributed by atoms with van der Waals surface area (Å²) in [7, 11) is 1.60. The van der Waals surface area contributed by atoms with E-state index in [9.17, 15) is 0 Å². The summed E-state index contributed by atoms with van der Waals surface area (Å²) in [4.78, 5) is 1.14. The fraction of sp³-hybridized carbons (Fsp3) is 0.500. The molecule has 0 atom stereocenters. The van der Waals surface area contributed by atoms with Crippen molar-refractivity contribution in [3.63, 3.8) is 0 Å². The number of ether oxygens (including phenoxy) is 1. The molecule has 0 saturated heterocycles. The number of nitrogens with two attached hydrogens (primary N) is 1. The lowest BCUT2D eigenvalue weighted by Crippen LogP contribution is -1.98. The van der Waals surface area contributed by atoms with Gasteiger partial charge in [-0.25, -0.2) is 0 Å². The van der Waals surface area contributed by atoms with Crippen molar-refractivity contribution in [2.24, 2.45) is 5.73 Å². The van der Waals surface area contributed by atoms with Gasteiger partial charge in [-0.3, -0.25) is 0 Å². The minimum absolute atomic E-state index is 0.505. The SMILES string of the molecule is COc1nsc(C)c1CN. The van der Waals surface area contributed by atoms with Crippen LogP contribution in [0.25, 0.3) is 0 Å². The molecule has 1 aromatic rings. The van der Waals surface area contributed by atoms with E-state index in [2.05, 4.69) is 4.37 Å². The monoisotopic (exact) mass is 158 g/mol. The molecule has 2 N–H and O–H groups in total. The third-order valence-corrected chi connectivity index (χ3v) is 2.12. The highest BCUT2D eigenvalue weighted by atomic mass is 32.1. The summed E-state index contributed by atoms with van der Waals surface area (Å²) in [6, 6.07) is 0. The number of hydrogen-bond donors (Lipinski definition) is 1. The van der Waals surface area contributed by atoms with Crippen molar-refractivity contribution in [2.45, 2.75) is 13.5 Å². The standard InChI is InChI=1S/C6H10N2OS/c1-4-5(3-7)6(9-2)8-10-4/h3,7H2,1-2H3. The average Bonchev–Trinajstić information content (AvgIpc) is 2.30. The van der Waals surface area contributed by atoms with E-state index in [-0.39, 0.29) is 0 Å². The molecule has 4 heteroatoms. The van der Waals surface area contributed by atoms with E-state index in [0.29, 0.717) is 12.4 Å². The molecule has 0 saturated carbocycles. The fourth-order valence-electron chi connectivity index (χ4n) is 0.762. The van der Waals surface area contributed by atoms with Gasteiger partial charge in [-0.2, -0.15) is 4.37 Å². The van der Waals surface area contributed by atoms with Gasteiger partial charge < -0.3 is 10.5 Å². The van der Waals surface area contributed by atoms with Crippen LogP contribution < -0.4 is 10.5 Å². The van der Waals surface area contributed by atoms with Gasteiger partial charge in [0.05, 0.1) is 7.11 Å². The van der Waals surface area contributed by atoms with Gasteiger partial charge >= 0.3 is 0 Å². The normalized spacial score (nSPS) is 9.90. The first-order valence-corrected chi connectivity index (χ1v) is 3.76. The molecule has 1 aromatic heterocycles. The van der Waals surface area contributed by atoms with Crippen LogP contribution >= 0.6 is 11.5 Å². The number of nitrogens with zero attached hydrogens (tertiary/aromatic N) is 1. The van der Waals surface area contributed by atoms with E-state index in [1.54, 1.807) is 7.11 Å². The first-order valence-electron chi connectivity index (χ1n) is 2.98. The molecule has 1 rings (SSSR count). The second-order valence-corrected chi connectivity index (χ2v) is 2.91. The van der Waals surface area contributed by atoms with E-state index in [1.165, 1.54) is 11.5 Å². The van der Waals surface area contributed by atoms with Crippen LogP contribution in [0.15, 0.2) is 0 Å². The molecule has 0 aliphatic heterocycles. The molecule has 1 heterocycles. The lowest BCUT2D eigenvalue weighted by atomic mass is 10.3. The van der Waals surface area contributed by atoms with Crippen molar-refractivity contribution in [3.8, 4) is 5.88 Å². The molecule has 0 spiro atoms. The maximum atomic E-state index is 5.46. The molecule has 0 aromatic carbocycles. The van der Waals surface area contributed by atoms with E-state index in [0.717, 1.165) is 10.4 Å². The Kier molecular flexibility index (Phi) is 2.24. The Morgan fingerprint density at radius 3 is 2.80 bits per heavy atom. The van der Waals surface area contributed by atoms with Gasteiger partial charge in [0.25, 0.3) is 0 Å². The Labute approximate surface area is 64.0 Å². The fourth-order valence-corrected chi connectivity index (χ4v) is 1.45. The molecule has 0 radical (unpaired) electrons. The molecule has 0 unspecified atom stereocenters. The summed E-state index contributed by atoms with van der Waals surface area (Å²) in [6.07, 6.45) is 0. The molecule has 56 valence electrons. The Hall–Kier alpha value is -0.610. The number of aromatic nitrogens is 1. The van der Waals surface area contributed by atoms with Gasteiger partial charge in [-0.1, -0.05) is 0 Å². The van der Waals surface area contributed by atoms with Crippen LogP contribution in [0.2, 0.25) is 0 Å². The highest BCUT2D eigenvalue weighted by Crippen LogP contribution is 2.23. The molecule has 10 heavy (non-hydrogen) atoms. The van der Waals surface area contributed by atoms with Crippen LogP contribution in [0.1, 0.15) is 10.4 Å². The van der Waals surface area contributed by atoms with E-state index in [4.69, 9.17) is 10.5 Å². The summed E-state index contributed by atoms with van der Waals surface area (Å²) in [5, 5.41) is 0. The third-order valence-electron chi connectivity index (χ3n) is 1.35. The highest BCUT2D eigenvalue weighted by molar-refractivity contribution is 7.06. The number of aryl methyl sites for hydroxylation is 1. The maximum Gasteiger partial charge on any atom is 0.229 e. The predicted molar refractivity (Wildman–Crippen MR) is 41.3 cm³/mol. The first kappa shape index (κ1) is 7.50. The second-order valence-electron chi connectivity index (χ2n) is 1.93. The van der Waals surface area contributed by atoms with Crippen molar-refractivity contribution in [2.75, 3.05) is 7.11 Å². The second kappa shape index (κ2) is 2.98. The molecule has 0 fully saturated rings. The van der Waals surface area contributed by atoms with Crippen LogP contribution in [-0.4, -0.2) is 11.5 Å². The Balaban J connectivity index is 3.01. The van der Waals surface area contributed by atoms with Gasteiger partial charge in [0.15, 0.2) is 0 Å². The van der Waals surface area contributed by atoms with Crippen LogP contribution in [0, 0.1) is 6.92 Å². The van der Waals surface area contributed by atoms with E-state index >= 15 is 0 Å². The summed E-state index contributed by atoms with van der Waals surface area (Å²) < 4.78 is 9.02. The van der Waals surface area contributed by atoms with Gasteiger partial charge in [-0.05, 0) is 18.5 Å². The largest absolute Gasteiger partial charge is 0.480 e. The Morgan fingerprint density at radius 2 is 2.40 bits per heavy atom. The van der Waals surface area contributed by atoms with E-state index in [1.807, 2.05) is 6.92 Å². The predicted octanol–water partition coefficient (Wildman–Crippen LogP) is 0.919. The lowest BCUT2D eigenvalue weighted by Gasteiger charge is -1.96. The smallest absolute Gasteiger partial charge is 0.229 e. The zero-order chi connectivity index (χ0) is 7.56. The van der Waals surface area contributed by atoms with Gasteiger partial charge in [0.2, 0.25) is 5.88 Å². The molecule has 0 aliphatic rings. The maximum absolute atomic E-state index is 5.46. The molecule has 3 nitrogen and oxygen atoms in total. The van der Waals surface area contributed by atoms with Crippen molar-refractivity contribution in [3.05, 3.63) is 10.4 Å². The molecular weight excluding hydrogens is 148 g/mol.